The minimum absolute atomic E-state index is 0.270. The molecule has 0 spiro atoms. The molecule has 0 heterocycles. The second-order valence-electron chi connectivity index (χ2n) is 2.92. The molecule has 0 aliphatic carbocycles. The van der Waals surface area contributed by atoms with E-state index in [-0.39, 0.29) is 10.0 Å². The first-order chi connectivity index (χ1) is 7.32. The van der Waals surface area contributed by atoms with Crippen LogP contribution in [0.25, 0.3) is 0 Å². The Bertz CT molecular complexity index is 350. The first-order valence-electron chi connectivity index (χ1n) is 4.14. The maximum atomic E-state index is 12.0. The van der Waals surface area contributed by atoms with Gasteiger partial charge in [-0.25, -0.2) is 0 Å². The molecular weight excluding hydrogens is 284 g/mol. The average molecular weight is 291 g/mol. The van der Waals surface area contributed by atoms with Gasteiger partial charge in [0.2, 0.25) is 0 Å². The molecule has 90 valence electrons. The van der Waals surface area contributed by atoms with Gasteiger partial charge in [-0.3, -0.25) is 0 Å². The molecule has 0 radical (unpaired) electrons. The molecule has 0 amide bonds. The molecule has 16 heavy (non-hydrogen) atoms. The van der Waals surface area contributed by atoms with Crippen molar-refractivity contribution < 1.29 is 18.3 Å². The van der Waals surface area contributed by atoms with E-state index in [1.165, 1.54) is 12.1 Å². The highest BCUT2D eigenvalue weighted by atomic mass is 35.5. The summed E-state index contributed by atoms with van der Waals surface area (Å²) in [7, 11) is 0. The number of thioether (sulfide) groups is 1. The number of benzene rings is 1. The molecule has 1 aromatic rings. The summed E-state index contributed by atoms with van der Waals surface area (Å²) in [5.74, 6) is -0.535. The van der Waals surface area contributed by atoms with Crippen molar-refractivity contribution in [3.63, 3.8) is 0 Å². The fourth-order valence-electron chi connectivity index (χ4n) is 0.877. The van der Waals surface area contributed by atoms with Gasteiger partial charge in [-0.2, -0.15) is 13.2 Å². The van der Waals surface area contributed by atoms with E-state index >= 15 is 0 Å². The van der Waals surface area contributed by atoms with Gasteiger partial charge < -0.3 is 5.11 Å². The molecule has 1 rings (SSSR count). The first kappa shape index (κ1) is 14.0. The summed E-state index contributed by atoms with van der Waals surface area (Å²) in [6, 6.07) is 4.64. The Morgan fingerprint density at radius 3 is 2.19 bits per heavy atom. The highest BCUT2D eigenvalue weighted by Gasteiger charge is 2.38. The van der Waals surface area contributed by atoms with E-state index < -0.39 is 18.0 Å². The lowest BCUT2D eigenvalue weighted by molar-refractivity contribution is -0.195. The van der Waals surface area contributed by atoms with Crippen LogP contribution in [0.1, 0.15) is 0 Å². The van der Waals surface area contributed by atoms with Crippen molar-refractivity contribution >= 4 is 35.0 Å². The summed E-state index contributed by atoms with van der Waals surface area (Å²) < 4.78 is 36.1. The van der Waals surface area contributed by atoms with E-state index in [2.05, 4.69) is 0 Å². The van der Waals surface area contributed by atoms with Crippen molar-refractivity contribution in [3.8, 4) is 0 Å². The molecule has 0 saturated heterocycles. The second-order valence-corrected chi connectivity index (χ2v) is 4.76. The molecule has 0 bridgehead atoms. The number of aliphatic hydroxyl groups is 1. The molecule has 0 aliphatic heterocycles. The SMILES string of the molecule is OC(CSc1c(Cl)cccc1Cl)C(F)(F)F. The third-order valence-electron chi connectivity index (χ3n) is 1.68. The van der Waals surface area contributed by atoms with E-state index in [1.807, 2.05) is 0 Å². The number of halogens is 5. The maximum absolute atomic E-state index is 12.0. The molecule has 0 aromatic heterocycles. The number of rotatable bonds is 3. The van der Waals surface area contributed by atoms with Gasteiger partial charge in [-0.05, 0) is 12.1 Å². The van der Waals surface area contributed by atoms with Crippen LogP contribution in [0.5, 0.6) is 0 Å². The zero-order valence-electron chi connectivity index (χ0n) is 7.76. The van der Waals surface area contributed by atoms with Crippen molar-refractivity contribution in [1.82, 2.24) is 0 Å². The second kappa shape index (κ2) is 5.49. The Morgan fingerprint density at radius 2 is 1.75 bits per heavy atom. The molecular formula is C9H7Cl2F3OS. The van der Waals surface area contributed by atoms with E-state index in [0.717, 1.165) is 11.8 Å². The highest BCUT2D eigenvalue weighted by molar-refractivity contribution is 7.99. The molecule has 0 fully saturated rings. The summed E-state index contributed by atoms with van der Waals surface area (Å²) in [5, 5.41) is 9.34. The van der Waals surface area contributed by atoms with Crippen molar-refractivity contribution in [2.24, 2.45) is 0 Å². The van der Waals surface area contributed by atoms with Gasteiger partial charge >= 0.3 is 6.18 Å². The Balaban J connectivity index is 2.69. The van der Waals surface area contributed by atoms with Crippen LogP contribution >= 0.6 is 35.0 Å². The summed E-state index contributed by atoms with van der Waals surface area (Å²) in [6.07, 6.45) is -7.01. The van der Waals surface area contributed by atoms with Crippen LogP contribution in [-0.2, 0) is 0 Å². The molecule has 1 unspecified atom stereocenters. The summed E-state index contributed by atoms with van der Waals surface area (Å²) in [6.45, 7) is 0. The van der Waals surface area contributed by atoms with Gasteiger partial charge in [0.25, 0.3) is 0 Å². The predicted molar refractivity (Wildman–Crippen MR) is 59.2 cm³/mol. The summed E-state index contributed by atoms with van der Waals surface area (Å²) in [4.78, 5) is 0.342. The fourth-order valence-corrected chi connectivity index (χ4v) is 2.53. The quantitative estimate of drug-likeness (QED) is 0.849. The van der Waals surface area contributed by atoms with E-state index in [9.17, 15) is 13.2 Å². The summed E-state index contributed by atoms with van der Waals surface area (Å²) >= 11 is 12.3. The topological polar surface area (TPSA) is 20.2 Å². The van der Waals surface area contributed by atoms with Crippen LogP contribution in [0.2, 0.25) is 10.0 Å². The maximum Gasteiger partial charge on any atom is 0.415 e. The Hall–Kier alpha value is -0.100. The minimum Gasteiger partial charge on any atom is -0.383 e. The van der Waals surface area contributed by atoms with E-state index in [0.29, 0.717) is 4.90 Å². The molecule has 0 aliphatic rings. The standard InChI is InChI=1S/C9H7Cl2F3OS/c10-5-2-1-3-6(11)8(5)16-4-7(15)9(12,13)14/h1-3,7,15H,4H2. The van der Waals surface area contributed by atoms with Crippen molar-refractivity contribution in [1.29, 1.82) is 0 Å². The van der Waals surface area contributed by atoms with Gasteiger partial charge in [0.1, 0.15) is 0 Å². The lowest BCUT2D eigenvalue weighted by Crippen LogP contribution is -2.30. The zero-order valence-corrected chi connectivity index (χ0v) is 10.1. The molecule has 7 heteroatoms. The van der Waals surface area contributed by atoms with Crippen LogP contribution in [0.3, 0.4) is 0 Å². The van der Waals surface area contributed by atoms with Crippen LogP contribution in [-0.4, -0.2) is 23.1 Å². The molecule has 1 nitrogen and oxygen atoms in total. The van der Waals surface area contributed by atoms with Crippen LogP contribution in [0.4, 0.5) is 13.2 Å². The van der Waals surface area contributed by atoms with Gasteiger partial charge in [0, 0.05) is 10.6 Å². The predicted octanol–water partition coefficient (Wildman–Crippen LogP) is 4.01. The van der Waals surface area contributed by atoms with Gasteiger partial charge in [-0.15, -0.1) is 11.8 Å². The number of aliphatic hydroxyl groups excluding tert-OH is 1. The lowest BCUT2D eigenvalue weighted by Gasteiger charge is -2.14. The lowest BCUT2D eigenvalue weighted by atomic mass is 10.4. The molecule has 1 atom stereocenters. The van der Waals surface area contributed by atoms with Crippen molar-refractivity contribution in [2.45, 2.75) is 17.2 Å². The van der Waals surface area contributed by atoms with Gasteiger partial charge in [0.15, 0.2) is 6.10 Å². The smallest absolute Gasteiger partial charge is 0.383 e. The highest BCUT2D eigenvalue weighted by Crippen LogP contribution is 2.35. The average Bonchev–Trinajstić information content (AvgIpc) is 2.15. The van der Waals surface area contributed by atoms with Gasteiger partial charge in [-0.1, -0.05) is 29.3 Å². The normalized spacial score (nSPS) is 13.9. The van der Waals surface area contributed by atoms with E-state index in [1.54, 1.807) is 6.07 Å². The van der Waals surface area contributed by atoms with E-state index in [4.69, 9.17) is 28.3 Å². The Labute approximate surface area is 105 Å². The number of hydrogen-bond donors (Lipinski definition) is 1. The third-order valence-corrected chi connectivity index (χ3v) is 3.75. The Morgan fingerprint density at radius 1 is 1.25 bits per heavy atom. The van der Waals surface area contributed by atoms with Crippen LogP contribution in [0.15, 0.2) is 23.1 Å². The van der Waals surface area contributed by atoms with Gasteiger partial charge in [0.05, 0.1) is 10.0 Å². The fraction of sp³-hybridized carbons (Fsp3) is 0.333. The minimum atomic E-state index is -4.62. The monoisotopic (exact) mass is 290 g/mol. The molecule has 1 aromatic carbocycles. The number of alkyl halides is 3. The van der Waals surface area contributed by atoms with Crippen LogP contribution in [0, 0.1) is 0 Å². The molecule has 0 saturated carbocycles. The Kier molecular flexibility index (Phi) is 4.79. The zero-order chi connectivity index (χ0) is 12.3. The third kappa shape index (κ3) is 3.73. The first-order valence-corrected chi connectivity index (χ1v) is 5.88. The largest absolute Gasteiger partial charge is 0.415 e. The van der Waals surface area contributed by atoms with Crippen molar-refractivity contribution in [2.75, 3.05) is 5.75 Å². The van der Waals surface area contributed by atoms with Crippen molar-refractivity contribution in [3.05, 3.63) is 28.2 Å². The molecule has 1 N–H and O–H groups in total. The number of hydrogen-bond acceptors (Lipinski definition) is 2. The van der Waals surface area contributed by atoms with Crippen LogP contribution < -0.4 is 0 Å². The summed E-state index contributed by atoms with van der Waals surface area (Å²) in [5.41, 5.74) is 0.